The Morgan fingerprint density at radius 2 is 0.842 bits per heavy atom. The van der Waals surface area contributed by atoms with Gasteiger partial charge in [0.25, 0.3) is 0 Å². The summed E-state index contributed by atoms with van der Waals surface area (Å²) in [5.74, 6) is -7.67. The van der Waals surface area contributed by atoms with Gasteiger partial charge in [-0.1, -0.05) is 0 Å². The molecule has 0 aromatic rings. The summed E-state index contributed by atoms with van der Waals surface area (Å²) in [7, 11) is 0. The molecule has 0 rings (SSSR count). The van der Waals surface area contributed by atoms with Gasteiger partial charge in [-0.25, -0.2) is 8.78 Å². The highest BCUT2D eigenvalue weighted by atomic mass is 19.4. The van der Waals surface area contributed by atoms with E-state index in [1.807, 2.05) is 0 Å². The lowest BCUT2D eigenvalue weighted by molar-refractivity contribution is -0.394. The van der Waals surface area contributed by atoms with Crippen LogP contribution in [-0.2, 0) is 0 Å². The Morgan fingerprint density at radius 1 is 0.526 bits per heavy atom. The van der Waals surface area contributed by atoms with Crippen molar-refractivity contribution in [2.24, 2.45) is 0 Å². The summed E-state index contributed by atoms with van der Waals surface area (Å²) in [5, 5.41) is 0. The predicted molar refractivity (Wildman–Crippen MR) is 31.3 cm³/mol. The van der Waals surface area contributed by atoms with Crippen molar-refractivity contribution in [3.8, 4) is 0 Å². The Balaban J connectivity index is 6.14. The monoisotopic (exact) mass is 319 g/mol. The van der Waals surface area contributed by atoms with Gasteiger partial charge in [0.05, 0.1) is 0 Å². The molecule has 0 aromatic carbocycles. The maximum atomic E-state index is 12.7. The summed E-state index contributed by atoms with van der Waals surface area (Å²) in [4.78, 5) is 0. The molecule has 13 heteroatoms. The van der Waals surface area contributed by atoms with Gasteiger partial charge < -0.3 is 0 Å². The van der Waals surface area contributed by atoms with Crippen LogP contribution in [0.4, 0.5) is 57.1 Å². The molecule has 0 aliphatic carbocycles. The van der Waals surface area contributed by atoms with E-state index in [-0.39, 0.29) is 0 Å². The van der Waals surface area contributed by atoms with Crippen LogP contribution in [0, 0.1) is 6.17 Å². The van der Waals surface area contributed by atoms with Crippen LogP contribution in [0.25, 0.3) is 0 Å². The third kappa shape index (κ3) is 2.68. The maximum absolute atomic E-state index is 12.7. The minimum absolute atomic E-state index is 5.14. The number of halogens is 13. The number of rotatable bonds is 2. The van der Waals surface area contributed by atoms with Crippen molar-refractivity contribution in [2.75, 3.05) is 0 Å². The molecule has 0 amide bonds. The maximum Gasteiger partial charge on any atom is 0.457 e. The van der Waals surface area contributed by atoms with E-state index in [1.165, 1.54) is 0 Å². The summed E-state index contributed by atoms with van der Waals surface area (Å²) in [5.41, 5.74) is -7.57. The Morgan fingerprint density at radius 3 is 1.00 bits per heavy atom. The van der Waals surface area contributed by atoms with Gasteiger partial charge in [-0.2, -0.15) is 48.3 Å². The van der Waals surface area contributed by atoms with Crippen LogP contribution in [0.3, 0.4) is 0 Å². The van der Waals surface area contributed by atoms with E-state index in [1.54, 1.807) is 0 Å². The second-order valence-corrected chi connectivity index (χ2v) is 3.04. The van der Waals surface area contributed by atoms with Crippen molar-refractivity contribution in [3.63, 3.8) is 0 Å². The molecule has 0 fully saturated rings. The molecule has 1 radical (unpaired) electrons. The average Bonchev–Trinajstić information content (AvgIpc) is 2.09. The lowest BCUT2D eigenvalue weighted by Crippen LogP contribution is -2.66. The summed E-state index contributed by atoms with van der Waals surface area (Å²) >= 11 is 0. The van der Waals surface area contributed by atoms with Gasteiger partial charge in [0.2, 0.25) is 0 Å². The third-order valence-electron chi connectivity index (χ3n) is 1.73. The van der Waals surface area contributed by atoms with Gasteiger partial charge >= 0.3 is 36.3 Å². The second-order valence-electron chi connectivity index (χ2n) is 3.04. The Kier molecular flexibility index (Phi) is 4.09. The second kappa shape index (κ2) is 4.30. The van der Waals surface area contributed by atoms with E-state index in [2.05, 4.69) is 0 Å². The van der Waals surface area contributed by atoms with Crippen LogP contribution in [0.2, 0.25) is 0 Å². The molecule has 0 aliphatic rings. The average molecular weight is 319 g/mol. The summed E-state index contributed by atoms with van der Waals surface area (Å²) in [6.45, 7) is 0. The van der Waals surface area contributed by atoms with Crippen LogP contribution in [0.1, 0.15) is 0 Å². The highest BCUT2D eigenvalue weighted by molar-refractivity contribution is 5.19. The van der Waals surface area contributed by atoms with Crippen LogP contribution in [0.5, 0.6) is 0 Å². The van der Waals surface area contributed by atoms with E-state index in [0.717, 1.165) is 0 Å². The smallest absolute Gasteiger partial charge is 0.225 e. The molecule has 0 aliphatic heterocycles. The number of alkyl halides is 12. The molecule has 0 N–H and O–H groups in total. The third-order valence-corrected chi connectivity index (χ3v) is 1.73. The van der Waals surface area contributed by atoms with Gasteiger partial charge in [0.15, 0.2) is 0 Å². The first-order valence-corrected chi connectivity index (χ1v) is 3.71. The summed E-state index contributed by atoms with van der Waals surface area (Å²) in [6, 6.07) is 0. The molecule has 0 bridgehead atoms. The van der Waals surface area contributed by atoms with E-state index >= 15 is 0 Å². The van der Waals surface area contributed by atoms with E-state index in [4.69, 9.17) is 0 Å². The van der Waals surface area contributed by atoms with Gasteiger partial charge in [-0.05, 0) is 0 Å². The van der Waals surface area contributed by atoms with Crippen molar-refractivity contribution < 1.29 is 57.1 Å². The van der Waals surface area contributed by atoms with Gasteiger partial charge in [0.1, 0.15) is 0 Å². The quantitative estimate of drug-likeness (QED) is 0.657. The van der Waals surface area contributed by atoms with Crippen LogP contribution in [0.15, 0.2) is 0 Å². The van der Waals surface area contributed by atoms with Crippen molar-refractivity contribution in [1.29, 1.82) is 0 Å². The summed E-state index contributed by atoms with van der Waals surface area (Å²) < 4.78 is 154. The van der Waals surface area contributed by atoms with Gasteiger partial charge in [0, 0.05) is 0 Å². The van der Waals surface area contributed by atoms with Gasteiger partial charge in [-0.3, -0.25) is 0 Å². The standard InChI is InChI=1S/C6F13/c7-1(3(9,10)11)2(8,5(14,15)16)4(12,13)6(17,18)19. The van der Waals surface area contributed by atoms with Crippen molar-refractivity contribution in [2.45, 2.75) is 30.1 Å². The van der Waals surface area contributed by atoms with Crippen molar-refractivity contribution in [1.82, 2.24) is 0 Å². The van der Waals surface area contributed by atoms with E-state index in [0.29, 0.717) is 0 Å². The molecular weight excluding hydrogens is 319 g/mol. The zero-order chi connectivity index (χ0) is 16.1. The lowest BCUT2D eigenvalue weighted by Gasteiger charge is -2.37. The fourth-order valence-electron chi connectivity index (χ4n) is 0.831. The molecular formula is C6F13. The first-order chi connectivity index (χ1) is 7.90. The SMILES string of the molecule is F[C](C(F)(F)F)C(F)(C(F)(F)F)C(F)(F)C(F)(F)F. The highest BCUT2D eigenvalue weighted by Gasteiger charge is 2.88. The first-order valence-electron chi connectivity index (χ1n) is 3.71. The fraction of sp³-hybridized carbons (Fsp3) is 0.833. The van der Waals surface area contributed by atoms with Gasteiger partial charge in [-0.15, -0.1) is 0 Å². The zero-order valence-corrected chi connectivity index (χ0v) is 7.91. The van der Waals surface area contributed by atoms with Crippen LogP contribution in [-0.4, -0.2) is 30.1 Å². The molecule has 1 unspecified atom stereocenters. The minimum atomic E-state index is -7.67. The van der Waals surface area contributed by atoms with Crippen molar-refractivity contribution >= 4 is 0 Å². The largest absolute Gasteiger partial charge is 0.457 e. The van der Waals surface area contributed by atoms with E-state index < -0.39 is 36.3 Å². The Hall–Kier alpha value is -0.910. The predicted octanol–water partition coefficient (Wildman–Crippen LogP) is 4.52. The Labute approximate surface area is 94.7 Å². The topological polar surface area (TPSA) is 0 Å². The lowest BCUT2D eigenvalue weighted by atomic mass is 9.90. The highest BCUT2D eigenvalue weighted by Crippen LogP contribution is 2.60. The molecule has 0 nitrogen and oxygen atoms in total. The number of hydrogen-bond donors (Lipinski definition) is 0. The van der Waals surface area contributed by atoms with E-state index in [9.17, 15) is 57.1 Å². The molecule has 0 spiro atoms. The molecule has 0 heterocycles. The molecule has 0 aromatic heterocycles. The van der Waals surface area contributed by atoms with Crippen LogP contribution >= 0.6 is 0 Å². The summed E-state index contributed by atoms with van der Waals surface area (Å²) in [6.07, 6.45) is -27.0. The zero-order valence-electron chi connectivity index (χ0n) is 7.91. The Bertz CT molecular complexity index is 317. The molecule has 115 valence electrons. The number of hydrogen-bond acceptors (Lipinski definition) is 0. The van der Waals surface area contributed by atoms with Crippen molar-refractivity contribution in [3.05, 3.63) is 6.17 Å². The fourth-order valence-corrected chi connectivity index (χ4v) is 0.831. The first kappa shape index (κ1) is 18.1. The normalized spacial score (nSPS) is 18.6. The minimum Gasteiger partial charge on any atom is -0.225 e. The molecule has 0 saturated heterocycles. The molecule has 1 atom stereocenters. The molecule has 0 saturated carbocycles. The van der Waals surface area contributed by atoms with Crippen LogP contribution < -0.4 is 0 Å². The molecule has 19 heavy (non-hydrogen) atoms.